The number of nitrogens with one attached hydrogen (secondary N) is 2. The number of hydrogen-bond acceptors (Lipinski definition) is 8. The van der Waals surface area contributed by atoms with Gasteiger partial charge in [0.05, 0.1) is 29.2 Å². The van der Waals surface area contributed by atoms with Crippen LogP contribution in [0.15, 0.2) is 53.7 Å². The summed E-state index contributed by atoms with van der Waals surface area (Å²) in [7, 11) is -2.30. The third kappa shape index (κ3) is 12.5. The van der Waals surface area contributed by atoms with E-state index in [-0.39, 0.29) is 22.9 Å². The molecule has 1 aliphatic rings. The zero-order chi connectivity index (χ0) is 42.6. The van der Waals surface area contributed by atoms with Crippen LogP contribution in [0, 0.1) is 0 Å². The van der Waals surface area contributed by atoms with Crippen molar-refractivity contribution < 1.29 is 19.1 Å². The van der Waals surface area contributed by atoms with Crippen molar-refractivity contribution in [3.8, 4) is 11.3 Å². The van der Waals surface area contributed by atoms with Crippen LogP contribution in [0.3, 0.4) is 0 Å². The van der Waals surface area contributed by atoms with Crippen molar-refractivity contribution in [3.63, 3.8) is 0 Å². The first-order valence-corrected chi connectivity index (χ1v) is 28.2. The molecule has 4 heterocycles. The van der Waals surface area contributed by atoms with Crippen LogP contribution in [-0.4, -0.2) is 81.3 Å². The first kappa shape index (κ1) is 45.1. The predicted molar refractivity (Wildman–Crippen MR) is 244 cm³/mol. The summed E-state index contributed by atoms with van der Waals surface area (Å²) >= 11 is 3.33. The molecule has 1 aliphatic carbocycles. The van der Waals surface area contributed by atoms with Gasteiger partial charge >= 0.3 is 0 Å². The number of ether oxygens (including phenoxy) is 2. The van der Waals surface area contributed by atoms with Gasteiger partial charge in [-0.15, -0.1) is 0 Å². The Morgan fingerprint density at radius 2 is 1.26 bits per heavy atom. The molecule has 1 aromatic carbocycles. The topological polar surface area (TPSA) is 138 Å². The van der Waals surface area contributed by atoms with Crippen LogP contribution in [-0.2, 0) is 29.4 Å². The number of hydrogen-bond donors (Lipinski definition) is 2. The molecular formula is C43H61BrN8O4Si2. The number of fused-ring (bicyclic) bond motifs is 3. The number of carbonyl (C=O) groups is 2. The van der Waals surface area contributed by atoms with Crippen molar-refractivity contribution in [2.24, 2.45) is 0 Å². The van der Waals surface area contributed by atoms with E-state index in [4.69, 9.17) is 19.4 Å². The quantitative estimate of drug-likeness (QED) is 0.0881. The Morgan fingerprint density at radius 3 is 1.76 bits per heavy atom. The van der Waals surface area contributed by atoms with Crippen LogP contribution in [0.5, 0.6) is 0 Å². The van der Waals surface area contributed by atoms with Crippen molar-refractivity contribution in [1.29, 1.82) is 0 Å². The van der Waals surface area contributed by atoms with E-state index in [0.717, 1.165) is 29.8 Å². The van der Waals surface area contributed by atoms with Crippen LogP contribution >= 0.6 is 15.9 Å². The molecular weight excluding hydrogens is 829 g/mol. The highest BCUT2D eigenvalue weighted by Gasteiger charge is 2.25. The van der Waals surface area contributed by atoms with Crippen LogP contribution in [0.2, 0.25) is 51.4 Å². The largest absolute Gasteiger partial charge is 0.361 e. The predicted octanol–water partition coefficient (Wildman–Crippen LogP) is 9.54. The van der Waals surface area contributed by atoms with Crippen LogP contribution in [0.25, 0.3) is 39.7 Å². The number of nitrogens with zero attached hydrogens (tertiary/aromatic N) is 6. The molecule has 0 atom stereocenters. The third-order valence-electron chi connectivity index (χ3n) is 9.13. The van der Waals surface area contributed by atoms with Gasteiger partial charge in [0.15, 0.2) is 11.3 Å². The number of aromatic nitrogens is 6. The Bertz CT molecular complexity index is 2290. The van der Waals surface area contributed by atoms with Gasteiger partial charge in [-0.2, -0.15) is 0 Å². The summed E-state index contributed by atoms with van der Waals surface area (Å²) in [6, 6.07) is 8.42. The molecule has 2 amide bonds. The molecule has 0 aliphatic heterocycles. The Kier molecular flexibility index (Phi) is 14.0. The fourth-order valence-corrected chi connectivity index (χ4v) is 7.96. The first-order chi connectivity index (χ1) is 27.0. The number of allylic oxidation sites excluding steroid dienone is 1. The Morgan fingerprint density at radius 1 is 0.759 bits per heavy atom. The monoisotopic (exact) mass is 888 g/mol. The molecule has 0 fully saturated rings. The van der Waals surface area contributed by atoms with Gasteiger partial charge in [-0.05, 0) is 87.1 Å². The van der Waals surface area contributed by atoms with Crippen molar-refractivity contribution >= 4 is 72.3 Å². The van der Waals surface area contributed by atoms with Crippen molar-refractivity contribution in [3.05, 3.63) is 75.9 Å². The smallest absolute Gasteiger partial charge is 0.255 e. The van der Waals surface area contributed by atoms with E-state index >= 15 is 0 Å². The molecule has 312 valence electrons. The molecule has 0 spiro atoms. The van der Waals surface area contributed by atoms with E-state index in [1.807, 2.05) is 62.9 Å². The molecule has 0 unspecified atom stereocenters. The summed E-state index contributed by atoms with van der Waals surface area (Å²) in [4.78, 5) is 44.3. The third-order valence-corrected chi connectivity index (χ3v) is 12.9. The fourth-order valence-electron chi connectivity index (χ4n) is 6.17. The molecule has 58 heavy (non-hydrogen) atoms. The lowest BCUT2D eigenvalue weighted by atomic mass is 10.0. The van der Waals surface area contributed by atoms with Gasteiger partial charge in [0.1, 0.15) is 29.1 Å². The maximum atomic E-state index is 13.1. The van der Waals surface area contributed by atoms with Gasteiger partial charge in [0.25, 0.3) is 11.8 Å². The lowest BCUT2D eigenvalue weighted by Crippen LogP contribution is -2.40. The minimum absolute atomic E-state index is 0.153. The molecule has 0 bridgehead atoms. The molecule has 0 radical (unpaired) electrons. The lowest BCUT2D eigenvalue weighted by molar-refractivity contribution is 0.0879. The second kappa shape index (κ2) is 18.1. The van der Waals surface area contributed by atoms with E-state index < -0.39 is 16.1 Å². The molecule has 15 heteroatoms. The molecule has 4 aromatic heterocycles. The highest BCUT2D eigenvalue weighted by Crippen LogP contribution is 2.31. The summed E-state index contributed by atoms with van der Waals surface area (Å²) in [5.41, 5.74) is 7.16. The molecule has 5 aromatic rings. The maximum absolute atomic E-state index is 13.1. The molecule has 12 nitrogen and oxygen atoms in total. The van der Waals surface area contributed by atoms with Gasteiger partial charge < -0.3 is 29.2 Å². The lowest BCUT2D eigenvalue weighted by Gasteiger charge is -2.20. The number of rotatable bonds is 13. The summed E-state index contributed by atoms with van der Waals surface area (Å²) < 4.78 is 16.1. The standard InChI is InChI=1S/C26H34N4O2Si.C17H27BrN4O2Si/c1-26(2,3)29-25(31)21-16-30(17-32-13-14-33(4,5)6)24-23(21)28-22(15-27-24)20-12-8-10-18-9-7-11-19(18)20;1-17(2,3)21-16(23)12-10-22(11-24-7-8-25(4,5)6)15-14(12)20-13(18)9-19-15/h7-10,12,15-16H,11,13-14,17H2,1-6H3,(H,29,31);9-10H,7-8,11H2,1-6H3,(H,21,23). The zero-order valence-corrected chi connectivity index (χ0v) is 39.9. The summed E-state index contributed by atoms with van der Waals surface area (Å²) in [5.74, 6) is -0.314. The summed E-state index contributed by atoms with van der Waals surface area (Å²) in [6.07, 6.45) is 12.2. The van der Waals surface area contributed by atoms with E-state index in [9.17, 15) is 9.59 Å². The normalized spacial score (nSPS) is 13.1. The fraction of sp³-hybridized carbons (Fsp3) is 0.488. The maximum Gasteiger partial charge on any atom is 0.255 e. The van der Waals surface area contributed by atoms with Crippen molar-refractivity contribution in [2.45, 2.75) is 124 Å². The number of carbonyl (C=O) groups excluding carboxylic acids is 2. The van der Waals surface area contributed by atoms with Gasteiger partial charge in [-0.3, -0.25) is 9.59 Å². The van der Waals surface area contributed by atoms with E-state index in [1.54, 1.807) is 18.6 Å². The van der Waals surface area contributed by atoms with Crippen LogP contribution in [0.1, 0.15) is 73.4 Å². The van der Waals surface area contributed by atoms with E-state index in [1.165, 1.54) is 11.1 Å². The van der Waals surface area contributed by atoms with Crippen LogP contribution in [0.4, 0.5) is 0 Å². The first-order valence-electron chi connectivity index (χ1n) is 19.9. The highest BCUT2D eigenvalue weighted by molar-refractivity contribution is 9.10. The second-order valence-corrected chi connectivity index (χ2v) is 31.5. The number of amides is 2. The van der Waals surface area contributed by atoms with Gasteiger partial charge in [0.2, 0.25) is 0 Å². The van der Waals surface area contributed by atoms with Gasteiger partial charge in [0, 0.05) is 58.4 Å². The summed E-state index contributed by atoms with van der Waals surface area (Å²) in [6.45, 7) is 27.8. The molecule has 2 N–H and O–H groups in total. The zero-order valence-electron chi connectivity index (χ0n) is 36.3. The Labute approximate surface area is 353 Å². The average molecular weight is 890 g/mol. The molecule has 6 rings (SSSR count). The van der Waals surface area contributed by atoms with Gasteiger partial charge in [-0.1, -0.05) is 69.6 Å². The highest BCUT2D eigenvalue weighted by atomic mass is 79.9. The average Bonchev–Trinajstić information content (AvgIpc) is 3.82. The van der Waals surface area contributed by atoms with E-state index in [0.29, 0.717) is 64.7 Å². The Balaban J connectivity index is 0.000000230. The Hall–Kier alpha value is -4.03. The van der Waals surface area contributed by atoms with Gasteiger partial charge in [-0.25, -0.2) is 19.9 Å². The summed E-state index contributed by atoms with van der Waals surface area (Å²) in [5, 5.41) is 6.04. The minimum Gasteiger partial charge on any atom is -0.361 e. The number of benzene rings is 1. The van der Waals surface area contributed by atoms with Crippen LogP contribution < -0.4 is 10.6 Å². The number of halogens is 1. The molecule has 0 saturated carbocycles. The SMILES string of the molecule is CC(C)(C)NC(=O)c1cn(COCC[Si](C)(C)C)c2ncc(-c3cccc4c3CC=C4)nc12.CC(C)(C)NC(=O)c1cn(COCC[Si](C)(C)C)c2ncc(Br)nc12. The van der Waals surface area contributed by atoms with Crippen molar-refractivity contribution in [1.82, 2.24) is 39.7 Å². The molecule has 0 saturated heterocycles. The second-order valence-electron chi connectivity index (χ2n) is 19.4. The van der Waals surface area contributed by atoms with E-state index in [2.05, 4.69) is 100 Å². The minimum atomic E-state index is -1.17. The van der Waals surface area contributed by atoms with Crippen molar-refractivity contribution in [2.75, 3.05) is 13.2 Å².